The van der Waals surface area contributed by atoms with E-state index in [-0.39, 0.29) is 0 Å². The number of pyridine rings is 1. The molecule has 5 heteroatoms. The molecule has 32 heavy (non-hydrogen) atoms. The van der Waals surface area contributed by atoms with Gasteiger partial charge in [-0.25, -0.2) is 4.98 Å². The van der Waals surface area contributed by atoms with Gasteiger partial charge in [0.1, 0.15) is 5.82 Å². The van der Waals surface area contributed by atoms with Crippen LogP contribution < -0.4 is 0 Å². The van der Waals surface area contributed by atoms with Gasteiger partial charge in [0.15, 0.2) is 0 Å². The summed E-state index contributed by atoms with van der Waals surface area (Å²) in [5.74, 6) is 1.01. The van der Waals surface area contributed by atoms with Crippen LogP contribution in [0.5, 0.6) is 0 Å². The summed E-state index contributed by atoms with van der Waals surface area (Å²) < 4.78 is 0. The van der Waals surface area contributed by atoms with E-state index in [1.165, 1.54) is 28.8 Å². The third-order valence-corrected chi connectivity index (χ3v) is 6.30. The molecule has 2 heterocycles. The van der Waals surface area contributed by atoms with Gasteiger partial charge in [0.25, 0.3) is 0 Å². The Morgan fingerprint density at radius 2 is 1.69 bits per heavy atom. The van der Waals surface area contributed by atoms with Gasteiger partial charge in [0, 0.05) is 19.3 Å². The lowest BCUT2D eigenvalue weighted by Gasteiger charge is -2.34. The minimum Gasteiger partial charge on any atom is -0.341 e. The number of imidazole rings is 1. The number of hydrogen-bond donors (Lipinski definition) is 1. The van der Waals surface area contributed by atoms with Crippen LogP contribution in [0.3, 0.4) is 0 Å². The molecule has 5 nitrogen and oxygen atoms in total. The quantitative estimate of drug-likeness (QED) is 0.448. The largest absolute Gasteiger partial charge is 0.341 e. The predicted octanol–water partition coefficient (Wildman–Crippen LogP) is 5.10. The Hall–Kier alpha value is -3.02. The van der Waals surface area contributed by atoms with Gasteiger partial charge in [-0.3, -0.25) is 9.88 Å². The first-order chi connectivity index (χ1) is 15.7. The van der Waals surface area contributed by atoms with Crippen molar-refractivity contribution in [1.82, 2.24) is 24.8 Å². The van der Waals surface area contributed by atoms with Crippen molar-refractivity contribution in [2.24, 2.45) is 0 Å². The van der Waals surface area contributed by atoms with Gasteiger partial charge in [-0.2, -0.15) is 0 Å². The van der Waals surface area contributed by atoms with Gasteiger partial charge in [0.05, 0.1) is 29.3 Å². The number of nitrogens with one attached hydrogen (secondary N) is 1. The molecule has 0 saturated heterocycles. The van der Waals surface area contributed by atoms with Crippen LogP contribution in [0, 0.1) is 0 Å². The molecule has 164 valence electrons. The summed E-state index contributed by atoms with van der Waals surface area (Å²) in [5.41, 5.74) is 7.41. The van der Waals surface area contributed by atoms with E-state index in [0.29, 0.717) is 6.04 Å². The topological polar surface area (TPSA) is 48.0 Å². The summed E-state index contributed by atoms with van der Waals surface area (Å²) in [6, 6.07) is 21.9. The molecule has 1 unspecified atom stereocenters. The van der Waals surface area contributed by atoms with Crippen LogP contribution >= 0.6 is 0 Å². The average Bonchev–Trinajstić information content (AvgIpc) is 3.22. The molecule has 1 N–H and O–H groups in total. The summed E-state index contributed by atoms with van der Waals surface area (Å²) in [7, 11) is 4.22. The van der Waals surface area contributed by atoms with Crippen LogP contribution in [0.4, 0.5) is 0 Å². The number of benzene rings is 2. The summed E-state index contributed by atoms with van der Waals surface area (Å²) in [4.78, 5) is 18.0. The second-order valence-electron chi connectivity index (χ2n) is 9.12. The molecule has 0 saturated carbocycles. The van der Waals surface area contributed by atoms with Crippen molar-refractivity contribution in [1.29, 1.82) is 0 Å². The van der Waals surface area contributed by atoms with Crippen LogP contribution in [0.2, 0.25) is 0 Å². The van der Waals surface area contributed by atoms with Gasteiger partial charge >= 0.3 is 0 Å². The third-order valence-electron chi connectivity index (χ3n) is 6.30. The van der Waals surface area contributed by atoms with Crippen molar-refractivity contribution in [2.75, 3.05) is 14.1 Å². The Labute approximate surface area is 190 Å². The van der Waals surface area contributed by atoms with Crippen molar-refractivity contribution in [2.45, 2.75) is 44.9 Å². The Kier molecular flexibility index (Phi) is 6.02. The SMILES string of the molecule is CN(C)Cc1ccc(CN(Cc2nc3ccccc3[nH]2)C2CCCc3cccnc32)cc1. The fraction of sp³-hybridized carbons (Fsp3) is 0.333. The van der Waals surface area contributed by atoms with Crippen molar-refractivity contribution in [3.8, 4) is 0 Å². The van der Waals surface area contributed by atoms with Gasteiger partial charge in [-0.05, 0) is 68.2 Å². The van der Waals surface area contributed by atoms with E-state index in [1.54, 1.807) is 0 Å². The summed E-state index contributed by atoms with van der Waals surface area (Å²) in [6.45, 7) is 2.61. The molecule has 5 rings (SSSR count). The maximum Gasteiger partial charge on any atom is 0.121 e. The molecular formula is C27H31N5. The number of nitrogens with zero attached hydrogens (tertiary/aromatic N) is 4. The van der Waals surface area contributed by atoms with Crippen LogP contribution in [0.25, 0.3) is 11.0 Å². The smallest absolute Gasteiger partial charge is 0.121 e. The molecule has 0 radical (unpaired) electrons. The number of aryl methyl sites for hydroxylation is 1. The molecule has 1 atom stereocenters. The number of rotatable bonds is 7. The predicted molar refractivity (Wildman–Crippen MR) is 129 cm³/mol. The van der Waals surface area contributed by atoms with E-state index in [0.717, 1.165) is 49.3 Å². The van der Waals surface area contributed by atoms with Crippen LogP contribution in [0.1, 0.15) is 47.1 Å². The highest BCUT2D eigenvalue weighted by molar-refractivity contribution is 5.74. The molecule has 0 aliphatic heterocycles. The molecule has 2 aromatic carbocycles. The molecule has 0 fully saturated rings. The van der Waals surface area contributed by atoms with Gasteiger partial charge in [0.2, 0.25) is 0 Å². The van der Waals surface area contributed by atoms with Gasteiger partial charge < -0.3 is 9.88 Å². The molecule has 0 amide bonds. The molecule has 1 aliphatic rings. The molecule has 2 aromatic heterocycles. The summed E-state index contributed by atoms with van der Waals surface area (Å²) in [6.07, 6.45) is 5.38. The van der Waals surface area contributed by atoms with E-state index in [4.69, 9.17) is 9.97 Å². The fourth-order valence-corrected chi connectivity index (χ4v) is 4.84. The number of H-pyrrole nitrogens is 1. The Morgan fingerprint density at radius 3 is 2.47 bits per heavy atom. The van der Waals surface area contributed by atoms with Crippen molar-refractivity contribution in [3.63, 3.8) is 0 Å². The zero-order chi connectivity index (χ0) is 21.9. The van der Waals surface area contributed by atoms with Crippen LogP contribution in [-0.2, 0) is 26.1 Å². The molecule has 0 bridgehead atoms. The van der Waals surface area contributed by atoms with E-state index >= 15 is 0 Å². The first kappa shape index (κ1) is 20.9. The Bertz CT molecular complexity index is 1150. The average molecular weight is 426 g/mol. The fourth-order valence-electron chi connectivity index (χ4n) is 4.84. The van der Waals surface area contributed by atoms with E-state index < -0.39 is 0 Å². The zero-order valence-corrected chi connectivity index (χ0v) is 19.0. The molecule has 1 aliphatic carbocycles. The number of aromatic nitrogens is 3. The summed E-state index contributed by atoms with van der Waals surface area (Å²) in [5, 5.41) is 0. The monoisotopic (exact) mass is 425 g/mol. The van der Waals surface area contributed by atoms with Crippen molar-refractivity contribution < 1.29 is 0 Å². The van der Waals surface area contributed by atoms with E-state index in [9.17, 15) is 0 Å². The molecule has 0 spiro atoms. The lowest BCUT2D eigenvalue weighted by atomic mass is 9.90. The minimum atomic E-state index is 0.301. The maximum absolute atomic E-state index is 4.87. The number of hydrogen-bond acceptors (Lipinski definition) is 4. The number of fused-ring (bicyclic) bond motifs is 2. The van der Waals surface area contributed by atoms with E-state index in [2.05, 4.69) is 83.5 Å². The van der Waals surface area contributed by atoms with Crippen LogP contribution in [-0.4, -0.2) is 38.8 Å². The molecule has 4 aromatic rings. The Morgan fingerprint density at radius 1 is 0.906 bits per heavy atom. The first-order valence-corrected chi connectivity index (χ1v) is 11.5. The van der Waals surface area contributed by atoms with Crippen LogP contribution in [0.15, 0.2) is 66.9 Å². The second kappa shape index (κ2) is 9.23. The molecular weight excluding hydrogens is 394 g/mol. The van der Waals surface area contributed by atoms with E-state index in [1.807, 2.05) is 12.3 Å². The standard InChI is InChI=1S/C27H31N5/c1-31(2)17-20-12-14-21(15-13-20)18-32(19-26-29-23-9-3-4-10-24(23)30-26)25-11-5-7-22-8-6-16-28-27(22)25/h3-4,6,8-10,12-16,25H,5,7,11,17-19H2,1-2H3,(H,29,30). The lowest BCUT2D eigenvalue weighted by Crippen LogP contribution is -2.31. The maximum atomic E-state index is 4.87. The third kappa shape index (κ3) is 4.59. The second-order valence-corrected chi connectivity index (χ2v) is 9.12. The van der Waals surface area contributed by atoms with Gasteiger partial charge in [-0.15, -0.1) is 0 Å². The highest BCUT2D eigenvalue weighted by Gasteiger charge is 2.28. The number of para-hydroxylation sites is 2. The Balaban J connectivity index is 1.44. The summed E-state index contributed by atoms with van der Waals surface area (Å²) >= 11 is 0. The normalized spacial score (nSPS) is 16.1. The number of aromatic amines is 1. The van der Waals surface area contributed by atoms with Crippen molar-refractivity contribution in [3.05, 3.63) is 95.1 Å². The minimum absolute atomic E-state index is 0.301. The highest BCUT2D eigenvalue weighted by Crippen LogP contribution is 2.34. The van der Waals surface area contributed by atoms with Crippen molar-refractivity contribution >= 4 is 11.0 Å². The lowest BCUT2D eigenvalue weighted by molar-refractivity contribution is 0.153. The van der Waals surface area contributed by atoms with Gasteiger partial charge in [-0.1, -0.05) is 42.5 Å². The zero-order valence-electron chi connectivity index (χ0n) is 19.0. The first-order valence-electron chi connectivity index (χ1n) is 11.5. The highest BCUT2D eigenvalue weighted by atomic mass is 15.2.